The number of hydrogen-bond donors (Lipinski definition) is 2. The lowest BCUT2D eigenvalue weighted by Gasteiger charge is -2.27. The molecule has 2 N–H and O–H groups in total. The molecule has 0 saturated heterocycles. The van der Waals surface area contributed by atoms with E-state index < -0.39 is 5.60 Å². The first-order valence-corrected chi connectivity index (χ1v) is 6.82. The maximum Gasteiger partial charge on any atom is 0.126 e. The molecule has 0 aliphatic heterocycles. The second kappa shape index (κ2) is 5.37. The molecule has 0 spiro atoms. The Labute approximate surface area is 108 Å². The first-order valence-electron chi connectivity index (χ1n) is 6.82. The molecule has 2 rings (SSSR count). The summed E-state index contributed by atoms with van der Waals surface area (Å²) < 4.78 is 13.6. The van der Waals surface area contributed by atoms with Crippen molar-refractivity contribution in [3.8, 4) is 0 Å². The van der Waals surface area contributed by atoms with Gasteiger partial charge in [0, 0.05) is 12.6 Å². The van der Waals surface area contributed by atoms with Gasteiger partial charge >= 0.3 is 0 Å². The number of fused-ring (bicyclic) bond motifs is 1. The third-order valence-electron chi connectivity index (χ3n) is 4.21. The Bertz CT molecular complexity index is 415. The van der Waals surface area contributed by atoms with Crippen LogP contribution in [0.4, 0.5) is 4.39 Å². The van der Waals surface area contributed by atoms with E-state index in [1.807, 2.05) is 19.9 Å². The lowest BCUT2D eigenvalue weighted by Crippen LogP contribution is -2.40. The highest BCUT2D eigenvalue weighted by molar-refractivity contribution is 5.35. The van der Waals surface area contributed by atoms with Crippen molar-refractivity contribution in [3.63, 3.8) is 0 Å². The zero-order chi connectivity index (χ0) is 13.2. The summed E-state index contributed by atoms with van der Waals surface area (Å²) in [5.41, 5.74) is 1.26. The molecule has 0 radical (unpaired) electrons. The molecule has 0 fully saturated rings. The molecule has 1 aromatic rings. The van der Waals surface area contributed by atoms with Gasteiger partial charge in [0.15, 0.2) is 0 Å². The van der Waals surface area contributed by atoms with Gasteiger partial charge < -0.3 is 10.4 Å². The molecule has 3 heteroatoms. The van der Waals surface area contributed by atoms with E-state index in [1.165, 1.54) is 6.07 Å². The van der Waals surface area contributed by atoms with Crippen LogP contribution in [-0.2, 0) is 6.42 Å². The number of rotatable bonds is 5. The molecule has 2 nitrogen and oxygen atoms in total. The van der Waals surface area contributed by atoms with Gasteiger partial charge in [-0.05, 0) is 42.9 Å². The van der Waals surface area contributed by atoms with E-state index in [0.717, 1.165) is 36.8 Å². The molecule has 1 aliphatic carbocycles. The number of halogens is 1. The summed E-state index contributed by atoms with van der Waals surface area (Å²) in [5.74, 6) is -0.0990. The van der Waals surface area contributed by atoms with Crippen molar-refractivity contribution in [2.24, 2.45) is 0 Å². The molecule has 0 heterocycles. The zero-order valence-electron chi connectivity index (χ0n) is 11.2. The van der Waals surface area contributed by atoms with Crippen LogP contribution >= 0.6 is 0 Å². The van der Waals surface area contributed by atoms with Crippen LogP contribution in [0, 0.1) is 5.82 Å². The van der Waals surface area contributed by atoms with Crippen molar-refractivity contribution in [1.29, 1.82) is 0 Å². The number of nitrogens with one attached hydrogen (secondary N) is 1. The van der Waals surface area contributed by atoms with Crippen LogP contribution < -0.4 is 5.32 Å². The van der Waals surface area contributed by atoms with Crippen LogP contribution in [-0.4, -0.2) is 17.3 Å². The topological polar surface area (TPSA) is 32.3 Å². The summed E-state index contributed by atoms with van der Waals surface area (Å²) in [4.78, 5) is 0. The Hall–Kier alpha value is -0.930. The van der Waals surface area contributed by atoms with E-state index in [0.29, 0.717) is 6.54 Å². The normalized spacial score (nSPS) is 19.0. The number of aliphatic hydroxyl groups is 1. The van der Waals surface area contributed by atoms with Crippen molar-refractivity contribution in [2.45, 2.75) is 51.2 Å². The van der Waals surface area contributed by atoms with Gasteiger partial charge in [0.1, 0.15) is 5.82 Å². The Balaban J connectivity index is 2.04. The van der Waals surface area contributed by atoms with Crippen molar-refractivity contribution < 1.29 is 9.50 Å². The highest BCUT2D eigenvalue weighted by Crippen LogP contribution is 2.33. The van der Waals surface area contributed by atoms with Gasteiger partial charge in [-0.1, -0.05) is 26.0 Å². The SMILES string of the molecule is CCC(O)(CC)CNC1CCc2c(F)cccc21. The van der Waals surface area contributed by atoms with Crippen LogP contribution in [0.5, 0.6) is 0 Å². The van der Waals surface area contributed by atoms with E-state index in [4.69, 9.17) is 0 Å². The third-order valence-corrected chi connectivity index (χ3v) is 4.21. The zero-order valence-corrected chi connectivity index (χ0v) is 11.2. The number of benzene rings is 1. The molecule has 0 saturated carbocycles. The standard InChI is InChI=1S/C15H22FNO/c1-3-15(18,4-2)10-17-14-9-8-11-12(14)6-5-7-13(11)16/h5-7,14,17-18H,3-4,8-10H2,1-2H3. The van der Waals surface area contributed by atoms with Gasteiger partial charge in [-0.15, -0.1) is 0 Å². The molecule has 1 aromatic carbocycles. The average molecular weight is 251 g/mol. The Morgan fingerprint density at radius 3 is 2.78 bits per heavy atom. The highest BCUT2D eigenvalue weighted by atomic mass is 19.1. The van der Waals surface area contributed by atoms with E-state index in [-0.39, 0.29) is 11.9 Å². The third kappa shape index (κ3) is 2.57. The predicted molar refractivity (Wildman–Crippen MR) is 71.0 cm³/mol. The molecule has 1 aliphatic rings. The van der Waals surface area contributed by atoms with Crippen LogP contribution in [0.3, 0.4) is 0 Å². The summed E-state index contributed by atoms with van der Waals surface area (Å²) >= 11 is 0. The second-order valence-corrected chi connectivity index (χ2v) is 5.21. The maximum atomic E-state index is 13.6. The maximum absolute atomic E-state index is 13.6. The molecule has 1 atom stereocenters. The molecular formula is C15H22FNO. The fourth-order valence-corrected chi connectivity index (χ4v) is 2.63. The van der Waals surface area contributed by atoms with Gasteiger partial charge in [0.2, 0.25) is 0 Å². The molecular weight excluding hydrogens is 229 g/mol. The van der Waals surface area contributed by atoms with Gasteiger partial charge in [-0.3, -0.25) is 0 Å². The van der Waals surface area contributed by atoms with E-state index in [1.54, 1.807) is 6.07 Å². The molecule has 100 valence electrons. The molecule has 0 bridgehead atoms. The highest BCUT2D eigenvalue weighted by Gasteiger charge is 2.28. The Kier molecular flexibility index (Phi) is 4.03. The summed E-state index contributed by atoms with van der Waals surface area (Å²) in [6.45, 7) is 4.56. The van der Waals surface area contributed by atoms with E-state index >= 15 is 0 Å². The van der Waals surface area contributed by atoms with Crippen LogP contribution in [0.15, 0.2) is 18.2 Å². The summed E-state index contributed by atoms with van der Waals surface area (Å²) in [6, 6.07) is 5.45. The van der Waals surface area contributed by atoms with Crippen LogP contribution in [0.25, 0.3) is 0 Å². The van der Waals surface area contributed by atoms with Gasteiger partial charge in [-0.25, -0.2) is 4.39 Å². The first-order chi connectivity index (χ1) is 8.59. The predicted octanol–water partition coefficient (Wildman–Crippen LogP) is 2.95. The lowest BCUT2D eigenvalue weighted by molar-refractivity contribution is 0.0298. The molecule has 1 unspecified atom stereocenters. The van der Waals surface area contributed by atoms with Crippen molar-refractivity contribution >= 4 is 0 Å². The van der Waals surface area contributed by atoms with Gasteiger partial charge in [0.05, 0.1) is 5.60 Å². The average Bonchev–Trinajstić information content (AvgIpc) is 2.81. The fourth-order valence-electron chi connectivity index (χ4n) is 2.63. The van der Waals surface area contributed by atoms with Gasteiger partial charge in [0.25, 0.3) is 0 Å². The van der Waals surface area contributed by atoms with Crippen molar-refractivity contribution in [2.75, 3.05) is 6.54 Å². The summed E-state index contributed by atoms with van der Waals surface area (Å²) in [6.07, 6.45) is 3.18. The quantitative estimate of drug-likeness (QED) is 0.843. The minimum absolute atomic E-state index is 0.0990. The van der Waals surface area contributed by atoms with Crippen LogP contribution in [0.1, 0.15) is 50.3 Å². The lowest BCUT2D eigenvalue weighted by atomic mass is 9.96. The summed E-state index contributed by atoms with van der Waals surface area (Å²) in [5, 5.41) is 13.6. The van der Waals surface area contributed by atoms with E-state index in [9.17, 15) is 9.50 Å². The minimum Gasteiger partial charge on any atom is -0.389 e. The van der Waals surface area contributed by atoms with Crippen molar-refractivity contribution in [1.82, 2.24) is 5.32 Å². The monoisotopic (exact) mass is 251 g/mol. The van der Waals surface area contributed by atoms with Crippen LogP contribution in [0.2, 0.25) is 0 Å². The fraction of sp³-hybridized carbons (Fsp3) is 0.600. The van der Waals surface area contributed by atoms with Gasteiger partial charge in [-0.2, -0.15) is 0 Å². The summed E-state index contributed by atoms with van der Waals surface area (Å²) in [7, 11) is 0. The smallest absolute Gasteiger partial charge is 0.126 e. The Morgan fingerprint density at radius 2 is 2.11 bits per heavy atom. The van der Waals surface area contributed by atoms with E-state index in [2.05, 4.69) is 5.32 Å². The molecule has 0 amide bonds. The number of hydrogen-bond acceptors (Lipinski definition) is 2. The van der Waals surface area contributed by atoms with Crippen molar-refractivity contribution in [3.05, 3.63) is 35.1 Å². The molecule has 18 heavy (non-hydrogen) atoms. The second-order valence-electron chi connectivity index (χ2n) is 5.21. The molecule has 0 aromatic heterocycles. The first kappa shape index (κ1) is 13.5. The minimum atomic E-state index is -0.643. The Morgan fingerprint density at radius 1 is 1.39 bits per heavy atom. The largest absolute Gasteiger partial charge is 0.389 e.